The number of nitrogens with zero attached hydrogens (tertiary/aromatic N) is 4. The number of aryl methyl sites for hydroxylation is 2. The molecule has 0 aliphatic heterocycles. The molecule has 7 nitrogen and oxygen atoms in total. The van der Waals surface area contributed by atoms with E-state index in [4.69, 9.17) is 0 Å². The zero-order valence-corrected chi connectivity index (χ0v) is 14.2. The molecule has 3 heterocycles. The van der Waals surface area contributed by atoms with Crippen molar-refractivity contribution in [2.24, 2.45) is 7.05 Å². The lowest BCUT2D eigenvalue weighted by atomic mass is 10.3. The molecule has 0 saturated heterocycles. The van der Waals surface area contributed by atoms with Crippen molar-refractivity contribution in [3.05, 3.63) is 57.7 Å². The van der Waals surface area contributed by atoms with Crippen LogP contribution in [0, 0.1) is 6.92 Å². The molecule has 24 heavy (non-hydrogen) atoms. The number of nitrogens with one attached hydrogen (secondary N) is 1. The molecule has 0 fully saturated rings. The molecule has 0 spiro atoms. The highest BCUT2D eigenvalue weighted by Crippen LogP contribution is 2.23. The summed E-state index contributed by atoms with van der Waals surface area (Å²) in [5.74, 6) is -0.221. The van der Waals surface area contributed by atoms with E-state index >= 15 is 0 Å². The molecule has 3 aromatic heterocycles. The maximum absolute atomic E-state index is 12.3. The van der Waals surface area contributed by atoms with Crippen molar-refractivity contribution in [2.75, 3.05) is 6.54 Å². The van der Waals surface area contributed by atoms with Gasteiger partial charge < -0.3 is 5.32 Å². The van der Waals surface area contributed by atoms with Crippen LogP contribution in [-0.4, -0.2) is 31.8 Å². The van der Waals surface area contributed by atoms with E-state index in [1.165, 1.54) is 17.0 Å². The molecule has 124 valence electrons. The molecule has 3 aromatic rings. The first-order valence-electron chi connectivity index (χ1n) is 7.44. The van der Waals surface area contributed by atoms with Crippen molar-refractivity contribution in [3.63, 3.8) is 0 Å². The Morgan fingerprint density at radius 1 is 1.38 bits per heavy atom. The SMILES string of the molecule is Cc1cc(=O)n(CCNC(=O)c2cc(-c3cccs3)nn2C)cn1. The lowest BCUT2D eigenvalue weighted by Crippen LogP contribution is -2.31. The number of aromatic nitrogens is 4. The van der Waals surface area contributed by atoms with Crippen molar-refractivity contribution in [1.29, 1.82) is 0 Å². The molecule has 0 aromatic carbocycles. The van der Waals surface area contributed by atoms with Gasteiger partial charge in [0.25, 0.3) is 11.5 Å². The lowest BCUT2D eigenvalue weighted by molar-refractivity contribution is 0.0942. The van der Waals surface area contributed by atoms with E-state index in [1.807, 2.05) is 17.5 Å². The van der Waals surface area contributed by atoms with Crippen molar-refractivity contribution in [3.8, 4) is 10.6 Å². The van der Waals surface area contributed by atoms with Gasteiger partial charge in [0.15, 0.2) is 0 Å². The Kier molecular flexibility index (Phi) is 4.57. The minimum absolute atomic E-state index is 0.128. The fraction of sp³-hybridized carbons (Fsp3) is 0.250. The van der Waals surface area contributed by atoms with E-state index in [2.05, 4.69) is 15.4 Å². The van der Waals surface area contributed by atoms with Gasteiger partial charge in [0, 0.05) is 31.9 Å². The molecule has 0 bridgehead atoms. The Balaban J connectivity index is 1.64. The first-order valence-corrected chi connectivity index (χ1v) is 8.32. The summed E-state index contributed by atoms with van der Waals surface area (Å²) in [5.41, 5.74) is 1.80. The number of hydrogen-bond donors (Lipinski definition) is 1. The standard InChI is InChI=1S/C16H17N5O2S/c1-11-8-15(22)21(10-18-11)6-5-17-16(23)13-9-12(19-20(13)2)14-4-3-7-24-14/h3-4,7-10H,5-6H2,1-2H3,(H,17,23). The molecule has 1 amide bonds. The van der Waals surface area contributed by atoms with Crippen LogP contribution in [0.3, 0.4) is 0 Å². The van der Waals surface area contributed by atoms with Crippen molar-refractivity contribution < 1.29 is 4.79 Å². The first-order chi connectivity index (χ1) is 11.5. The molecule has 1 N–H and O–H groups in total. The highest BCUT2D eigenvalue weighted by Gasteiger charge is 2.14. The van der Waals surface area contributed by atoms with Crippen molar-refractivity contribution >= 4 is 17.2 Å². The minimum Gasteiger partial charge on any atom is -0.349 e. The van der Waals surface area contributed by atoms with E-state index in [0.29, 0.717) is 24.5 Å². The Bertz CT molecular complexity index is 911. The van der Waals surface area contributed by atoms with Gasteiger partial charge in [0.2, 0.25) is 0 Å². The molecule has 0 saturated carbocycles. The Morgan fingerprint density at radius 2 is 2.21 bits per heavy atom. The number of amides is 1. The highest BCUT2D eigenvalue weighted by molar-refractivity contribution is 7.13. The summed E-state index contributed by atoms with van der Waals surface area (Å²) >= 11 is 1.58. The maximum Gasteiger partial charge on any atom is 0.269 e. The van der Waals surface area contributed by atoms with Crippen LogP contribution in [0.4, 0.5) is 0 Å². The molecule has 0 unspecified atom stereocenters. The fourth-order valence-electron chi connectivity index (χ4n) is 2.29. The second-order valence-electron chi connectivity index (χ2n) is 5.33. The van der Waals surface area contributed by atoms with Crippen molar-refractivity contribution in [1.82, 2.24) is 24.6 Å². The summed E-state index contributed by atoms with van der Waals surface area (Å²) in [6, 6.07) is 7.14. The second kappa shape index (κ2) is 6.79. The average molecular weight is 343 g/mol. The second-order valence-corrected chi connectivity index (χ2v) is 6.28. The Hall–Kier alpha value is -2.74. The normalized spacial score (nSPS) is 10.8. The number of hydrogen-bond acceptors (Lipinski definition) is 5. The zero-order chi connectivity index (χ0) is 17.1. The van der Waals surface area contributed by atoms with E-state index in [-0.39, 0.29) is 11.5 Å². The van der Waals surface area contributed by atoms with Gasteiger partial charge in [-0.25, -0.2) is 4.98 Å². The highest BCUT2D eigenvalue weighted by atomic mass is 32.1. The number of carbonyl (C=O) groups is 1. The van der Waals surface area contributed by atoms with Gasteiger partial charge in [0.05, 0.1) is 11.2 Å². The Morgan fingerprint density at radius 3 is 2.92 bits per heavy atom. The zero-order valence-electron chi connectivity index (χ0n) is 13.4. The molecule has 0 atom stereocenters. The summed E-state index contributed by atoms with van der Waals surface area (Å²) in [5, 5.41) is 9.14. The molecule has 0 aliphatic rings. The van der Waals surface area contributed by atoms with Gasteiger partial charge in [-0.05, 0) is 24.4 Å². The molecular weight excluding hydrogens is 326 g/mol. The Labute approximate surface area is 142 Å². The van der Waals surface area contributed by atoms with Gasteiger partial charge in [-0.1, -0.05) is 6.07 Å². The van der Waals surface area contributed by atoms with Gasteiger partial charge in [0.1, 0.15) is 11.4 Å². The van der Waals surface area contributed by atoms with Gasteiger partial charge >= 0.3 is 0 Å². The first kappa shape index (κ1) is 16.1. The fourth-order valence-corrected chi connectivity index (χ4v) is 2.97. The van der Waals surface area contributed by atoms with E-state index in [1.54, 1.807) is 36.1 Å². The monoisotopic (exact) mass is 343 g/mol. The minimum atomic E-state index is -0.221. The van der Waals surface area contributed by atoms with Crippen LogP contribution in [0.15, 0.2) is 40.8 Å². The number of carbonyl (C=O) groups excluding carboxylic acids is 1. The lowest BCUT2D eigenvalue weighted by Gasteiger charge is -2.07. The van der Waals surface area contributed by atoms with Crippen LogP contribution in [0.25, 0.3) is 10.6 Å². The molecular formula is C16H17N5O2S. The van der Waals surface area contributed by atoms with Crippen LogP contribution in [0.1, 0.15) is 16.2 Å². The maximum atomic E-state index is 12.3. The van der Waals surface area contributed by atoms with E-state index in [9.17, 15) is 9.59 Å². The summed E-state index contributed by atoms with van der Waals surface area (Å²) < 4.78 is 3.03. The van der Waals surface area contributed by atoms with Gasteiger partial charge in [-0.15, -0.1) is 11.3 Å². The molecule has 3 rings (SSSR count). The van der Waals surface area contributed by atoms with Crippen LogP contribution < -0.4 is 10.9 Å². The molecule has 0 radical (unpaired) electrons. The largest absolute Gasteiger partial charge is 0.349 e. The van der Waals surface area contributed by atoms with E-state index < -0.39 is 0 Å². The summed E-state index contributed by atoms with van der Waals surface area (Å²) in [6.07, 6.45) is 1.49. The third-order valence-electron chi connectivity index (χ3n) is 3.54. The van der Waals surface area contributed by atoms with E-state index in [0.717, 1.165) is 10.6 Å². The molecule has 0 aliphatic carbocycles. The number of rotatable bonds is 5. The summed E-state index contributed by atoms with van der Waals surface area (Å²) in [4.78, 5) is 29.2. The van der Waals surface area contributed by atoms with Crippen LogP contribution in [-0.2, 0) is 13.6 Å². The van der Waals surface area contributed by atoms with Crippen LogP contribution in [0.5, 0.6) is 0 Å². The topological polar surface area (TPSA) is 81.8 Å². The summed E-state index contributed by atoms with van der Waals surface area (Å²) in [7, 11) is 1.74. The third kappa shape index (κ3) is 3.43. The van der Waals surface area contributed by atoms with Crippen molar-refractivity contribution in [2.45, 2.75) is 13.5 Å². The third-order valence-corrected chi connectivity index (χ3v) is 4.43. The average Bonchev–Trinajstić information content (AvgIpc) is 3.18. The quantitative estimate of drug-likeness (QED) is 0.760. The van der Waals surface area contributed by atoms with Gasteiger partial charge in [-0.2, -0.15) is 5.10 Å². The van der Waals surface area contributed by atoms with Crippen LogP contribution >= 0.6 is 11.3 Å². The smallest absolute Gasteiger partial charge is 0.269 e. The predicted molar refractivity (Wildman–Crippen MR) is 92.1 cm³/mol. The van der Waals surface area contributed by atoms with Gasteiger partial charge in [-0.3, -0.25) is 18.8 Å². The predicted octanol–water partition coefficient (Wildman–Crippen LogP) is 1.44. The number of thiophene rings is 1. The van der Waals surface area contributed by atoms with Crippen LogP contribution in [0.2, 0.25) is 0 Å². The summed E-state index contributed by atoms with van der Waals surface area (Å²) in [6.45, 7) is 2.47. The molecule has 8 heteroatoms.